The number of hydrazone groups is 1. The summed E-state index contributed by atoms with van der Waals surface area (Å²) < 4.78 is 5.63. The lowest BCUT2D eigenvalue weighted by atomic mass is 10.2. The predicted octanol–water partition coefficient (Wildman–Crippen LogP) is 4.19. The standard InChI is InChI=1S/C18H20N4O/c1-2-3-12-23-15-10-8-14(9-11-15)13-19-22-18-20-16-6-4-5-7-17(16)21-18/h4-11,13H,2-3,12H2,1H3,(H2,20,21,22)/b19-13-. The highest BCUT2D eigenvalue weighted by atomic mass is 16.5. The molecule has 2 N–H and O–H groups in total. The first kappa shape index (κ1) is 15.1. The summed E-state index contributed by atoms with van der Waals surface area (Å²) in [5.41, 5.74) is 5.81. The van der Waals surface area contributed by atoms with Crippen LogP contribution in [0.15, 0.2) is 53.6 Å². The molecule has 0 saturated heterocycles. The zero-order valence-electron chi connectivity index (χ0n) is 13.1. The second kappa shape index (κ2) is 7.45. The average Bonchev–Trinajstić information content (AvgIpc) is 2.99. The van der Waals surface area contributed by atoms with Crippen LogP contribution in [0.2, 0.25) is 0 Å². The maximum atomic E-state index is 5.63. The molecule has 3 aromatic rings. The number of unbranched alkanes of at least 4 members (excludes halogenated alkanes) is 1. The van der Waals surface area contributed by atoms with Crippen LogP contribution in [0.1, 0.15) is 25.3 Å². The minimum atomic E-state index is 0.627. The summed E-state index contributed by atoms with van der Waals surface area (Å²) in [6.07, 6.45) is 3.96. The van der Waals surface area contributed by atoms with Gasteiger partial charge in [0.15, 0.2) is 0 Å². The molecular formula is C18H20N4O. The van der Waals surface area contributed by atoms with E-state index in [1.165, 1.54) is 0 Å². The maximum absolute atomic E-state index is 5.63. The molecule has 0 fully saturated rings. The van der Waals surface area contributed by atoms with Gasteiger partial charge in [-0.3, -0.25) is 0 Å². The van der Waals surface area contributed by atoms with Gasteiger partial charge in [-0.1, -0.05) is 25.5 Å². The van der Waals surface area contributed by atoms with Gasteiger partial charge >= 0.3 is 0 Å². The molecule has 0 aliphatic rings. The number of ether oxygens (including phenoxy) is 1. The Morgan fingerprint density at radius 3 is 2.78 bits per heavy atom. The van der Waals surface area contributed by atoms with Crippen molar-refractivity contribution in [3.8, 4) is 5.75 Å². The summed E-state index contributed by atoms with van der Waals surface area (Å²) in [5.74, 6) is 1.52. The van der Waals surface area contributed by atoms with E-state index in [-0.39, 0.29) is 0 Å². The Hall–Kier alpha value is -2.82. The highest BCUT2D eigenvalue weighted by Gasteiger charge is 1.99. The van der Waals surface area contributed by atoms with Crippen molar-refractivity contribution in [1.29, 1.82) is 0 Å². The van der Waals surface area contributed by atoms with Gasteiger partial charge in [0.1, 0.15) is 5.75 Å². The molecule has 0 spiro atoms. The Bertz CT molecular complexity index is 744. The number of aromatic amines is 1. The Kier molecular flexibility index (Phi) is 4.88. The van der Waals surface area contributed by atoms with Crippen LogP contribution in [0.5, 0.6) is 5.75 Å². The highest BCUT2D eigenvalue weighted by Crippen LogP contribution is 2.14. The van der Waals surface area contributed by atoms with E-state index in [0.29, 0.717) is 5.95 Å². The van der Waals surface area contributed by atoms with E-state index < -0.39 is 0 Å². The van der Waals surface area contributed by atoms with Crippen LogP contribution in [0.3, 0.4) is 0 Å². The van der Waals surface area contributed by atoms with E-state index in [4.69, 9.17) is 4.74 Å². The summed E-state index contributed by atoms with van der Waals surface area (Å²) in [5, 5.41) is 4.20. The predicted molar refractivity (Wildman–Crippen MR) is 94.2 cm³/mol. The van der Waals surface area contributed by atoms with Crippen LogP contribution >= 0.6 is 0 Å². The minimum absolute atomic E-state index is 0.627. The Balaban J connectivity index is 1.57. The quantitative estimate of drug-likeness (QED) is 0.391. The zero-order valence-corrected chi connectivity index (χ0v) is 13.1. The Morgan fingerprint density at radius 2 is 2.00 bits per heavy atom. The van der Waals surface area contributed by atoms with Crippen LogP contribution in [-0.4, -0.2) is 22.8 Å². The van der Waals surface area contributed by atoms with E-state index in [0.717, 1.165) is 41.8 Å². The van der Waals surface area contributed by atoms with Crippen molar-refractivity contribution in [2.24, 2.45) is 5.10 Å². The number of imidazole rings is 1. The Labute approximate surface area is 135 Å². The summed E-state index contributed by atoms with van der Waals surface area (Å²) in [6, 6.07) is 15.7. The number of rotatable bonds is 7. The highest BCUT2D eigenvalue weighted by molar-refractivity contribution is 5.81. The van der Waals surface area contributed by atoms with Crippen molar-refractivity contribution in [3.05, 3.63) is 54.1 Å². The molecule has 2 aromatic carbocycles. The third kappa shape index (κ3) is 4.10. The van der Waals surface area contributed by atoms with Gasteiger partial charge in [-0.15, -0.1) is 0 Å². The molecule has 0 bridgehead atoms. The van der Waals surface area contributed by atoms with E-state index in [2.05, 4.69) is 27.4 Å². The molecule has 0 aliphatic carbocycles. The fraction of sp³-hybridized carbons (Fsp3) is 0.222. The first-order chi connectivity index (χ1) is 11.3. The number of fused-ring (bicyclic) bond motifs is 1. The third-order valence-electron chi connectivity index (χ3n) is 3.42. The number of aromatic nitrogens is 2. The van der Waals surface area contributed by atoms with Crippen molar-refractivity contribution in [1.82, 2.24) is 9.97 Å². The monoisotopic (exact) mass is 308 g/mol. The number of nitrogens with zero attached hydrogens (tertiary/aromatic N) is 2. The maximum Gasteiger partial charge on any atom is 0.222 e. The lowest BCUT2D eigenvalue weighted by Gasteiger charge is -2.04. The van der Waals surface area contributed by atoms with E-state index in [9.17, 15) is 0 Å². The molecular weight excluding hydrogens is 288 g/mol. The number of benzene rings is 2. The van der Waals surface area contributed by atoms with Gasteiger partial charge in [-0.25, -0.2) is 10.4 Å². The molecule has 1 aromatic heterocycles. The van der Waals surface area contributed by atoms with Crippen LogP contribution in [-0.2, 0) is 0 Å². The van der Waals surface area contributed by atoms with Gasteiger partial charge in [-0.2, -0.15) is 5.10 Å². The van der Waals surface area contributed by atoms with E-state index >= 15 is 0 Å². The molecule has 5 nitrogen and oxygen atoms in total. The molecule has 0 amide bonds. The summed E-state index contributed by atoms with van der Waals surface area (Å²) in [6.45, 7) is 2.91. The molecule has 118 valence electrons. The lowest BCUT2D eigenvalue weighted by molar-refractivity contribution is 0.309. The summed E-state index contributed by atoms with van der Waals surface area (Å²) in [7, 11) is 0. The fourth-order valence-corrected chi connectivity index (χ4v) is 2.16. The van der Waals surface area contributed by atoms with Gasteiger partial charge in [-0.05, 0) is 48.4 Å². The second-order valence-corrected chi connectivity index (χ2v) is 5.24. The normalized spacial score (nSPS) is 11.2. The number of nitrogens with one attached hydrogen (secondary N) is 2. The smallest absolute Gasteiger partial charge is 0.222 e. The SMILES string of the molecule is CCCCOc1ccc(/C=N\Nc2nc3ccccc3[nH]2)cc1. The zero-order chi connectivity index (χ0) is 15.9. The number of hydrogen-bond acceptors (Lipinski definition) is 4. The van der Waals surface area contributed by atoms with Crippen LogP contribution in [0.25, 0.3) is 11.0 Å². The fourth-order valence-electron chi connectivity index (χ4n) is 2.16. The molecule has 0 atom stereocenters. The van der Waals surface area contributed by atoms with Gasteiger partial charge in [0.25, 0.3) is 0 Å². The molecule has 3 rings (SSSR count). The van der Waals surface area contributed by atoms with Crippen LogP contribution < -0.4 is 10.2 Å². The van der Waals surface area contributed by atoms with Crippen molar-refractivity contribution >= 4 is 23.2 Å². The van der Waals surface area contributed by atoms with Crippen molar-refractivity contribution in [2.45, 2.75) is 19.8 Å². The topological polar surface area (TPSA) is 62.3 Å². The van der Waals surface area contributed by atoms with Crippen LogP contribution in [0.4, 0.5) is 5.95 Å². The summed E-state index contributed by atoms with van der Waals surface area (Å²) >= 11 is 0. The van der Waals surface area contributed by atoms with Gasteiger partial charge in [0.05, 0.1) is 23.9 Å². The number of para-hydroxylation sites is 2. The minimum Gasteiger partial charge on any atom is -0.494 e. The van der Waals surface area contributed by atoms with Crippen molar-refractivity contribution < 1.29 is 4.74 Å². The molecule has 23 heavy (non-hydrogen) atoms. The first-order valence-corrected chi connectivity index (χ1v) is 7.82. The molecule has 5 heteroatoms. The van der Waals surface area contributed by atoms with Crippen molar-refractivity contribution in [2.75, 3.05) is 12.0 Å². The van der Waals surface area contributed by atoms with Gasteiger partial charge < -0.3 is 9.72 Å². The number of hydrogen-bond donors (Lipinski definition) is 2. The van der Waals surface area contributed by atoms with E-state index in [1.807, 2.05) is 48.5 Å². The molecule has 0 radical (unpaired) electrons. The largest absolute Gasteiger partial charge is 0.494 e. The summed E-state index contributed by atoms with van der Waals surface area (Å²) in [4.78, 5) is 7.56. The number of H-pyrrole nitrogens is 1. The van der Waals surface area contributed by atoms with E-state index in [1.54, 1.807) is 6.21 Å². The van der Waals surface area contributed by atoms with Crippen LogP contribution in [0, 0.1) is 0 Å². The molecule has 0 unspecified atom stereocenters. The van der Waals surface area contributed by atoms with Crippen molar-refractivity contribution in [3.63, 3.8) is 0 Å². The molecule has 0 saturated carbocycles. The average molecular weight is 308 g/mol. The number of anilines is 1. The van der Waals surface area contributed by atoms with Gasteiger partial charge in [0, 0.05) is 0 Å². The third-order valence-corrected chi connectivity index (χ3v) is 3.42. The first-order valence-electron chi connectivity index (χ1n) is 7.82. The van der Waals surface area contributed by atoms with Gasteiger partial charge in [0.2, 0.25) is 5.95 Å². The Morgan fingerprint density at radius 1 is 1.17 bits per heavy atom. The lowest BCUT2D eigenvalue weighted by Crippen LogP contribution is -1.96. The molecule has 1 heterocycles. The second-order valence-electron chi connectivity index (χ2n) is 5.24. The molecule has 0 aliphatic heterocycles.